The summed E-state index contributed by atoms with van der Waals surface area (Å²) >= 11 is 0. The van der Waals surface area contributed by atoms with E-state index in [0.717, 1.165) is 12.8 Å². The number of H-pyrrole nitrogens is 2. The zero-order valence-electron chi connectivity index (χ0n) is 8.71. The number of fused-ring (bicyclic) bond motifs is 1. The molecule has 1 aromatic rings. The summed E-state index contributed by atoms with van der Waals surface area (Å²) in [6.45, 7) is 0. The molecule has 1 heterocycles. The fourth-order valence-electron chi connectivity index (χ4n) is 2.15. The molecule has 0 spiro atoms. The van der Waals surface area contributed by atoms with E-state index in [9.17, 15) is 14.4 Å². The molecule has 0 saturated carbocycles. The molecule has 0 radical (unpaired) electrons. The van der Waals surface area contributed by atoms with E-state index < -0.39 is 23.1 Å². The molecule has 0 bridgehead atoms. The van der Waals surface area contributed by atoms with Crippen molar-refractivity contribution >= 4 is 5.91 Å². The normalized spacial score (nSPS) is 19.9. The molecule has 1 aromatic heterocycles. The number of hydrogen-bond acceptors (Lipinski definition) is 3. The summed E-state index contributed by atoms with van der Waals surface area (Å²) in [7, 11) is 0. The van der Waals surface area contributed by atoms with Crippen molar-refractivity contribution in [2.75, 3.05) is 0 Å². The van der Waals surface area contributed by atoms with Gasteiger partial charge < -0.3 is 10.7 Å². The van der Waals surface area contributed by atoms with Crippen LogP contribution in [0.2, 0.25) is 0 Å². The number of hydrogen-bond donors (Lipinski definition) is 3. The van der Waals surface area contributed by atoms with Crippen molar-refractivity contribution in [1.29, 1.82) is 0 Å². The van der Waals surface area contributed by atoms with Crippen LogP contribution in [0.1, 0.15) is 36.4 Å². The van der Waals surface area contributed by atoms with Gasteiger partial charge in [0.2, 0.25) is 5.91 Å². The van der Waals surface area contributed by atoms with Gasteiger partial charge in [0.1, 0.15) is 0 Å². The molecule has 2 rings (SSSR count). The zero-order valence-corrected chi connectivity index (χ0v) is 8.71. The second-order valence-electron chi connectivity index (χ2n) is 4.00. The average molecular weight is 223 g/mol. The lowest BCUT2D eigenvalue weighted by atomic mass is 9.98. The van der Waals surface area contributed by atoms with Crippen molar-refractivity contribution in [2.45, 2.75) is 31.6 Å². The van der Waals surface area contributed by atoms with Crippen molar-refractivity contribution in [1.82, 2.24) is 9.97 Å². The molecule has 16 heavy (non-hydrogen) atoms. The highest BCUT2D eigenvalue weighted by atomic mass is 16.2. The SMILES string of the molecule is NC(=O)C1CCCCc2c1[nH]c(=O)[nH]c2=O. The lowest BCUT2D eigenvalue weighted by Crippen LogP contribution is -2.32. The zero-order chi connectivity index (χ0) is 11.7. The fraction of sp³-hybridized carbons (Fsp3) is 0.500. The molecule has 1 atom stereocenters. The van der Waals surface area contributed by atoms with Gasteiger partial charge in [-0.3, -0.25) is 14.6 Å². The monoisotopic (exact) mass is 223 g/mol. The molecule has 1 aliphatic rings. The Morgan fingerprint density at radius 2 is 2.00 bits per heavy atom. The number of rotatable bonds is 1. The van der Waals surface area contributed by atoms with Gasteiger partial charge in [-0.05, 0) is 19.3 Å². The Bertz CT molecular complexity index is 529. The molecule has 6 heteroatoms. The van der Waals surface area contributed by atoms with Crippen molar-refractivity contribution < 1.29 is 4.79 Å². The van der Waals surface area contributed by atoms with Crippen molar-refractivity contribution in [3.8, 4) is 0 Å². The minimum Gasteiger partial charge on any atom is -0.369 e. The Kier molecular flexibility index (Phi) is 2.64. The Morgan fingerprint density at radius 3 is 2.69 bits per heavy atom. The van der Waals surface area contributed by atoms with Crippen LogP contribution in [0.25, 0.3) is 0 Å². The van der Waals surface area contributed by atoms with Gasteiger partial charge in [-0.1, -0.05) is 6.42 Å². The number of aromatic nitrogens is 2. The average Bonchev–Trinajstić information content (AvgIpc) is 2.39. The van der Waals surface area contributed by atoms with Gasteiger partial charge in [0, 0.05) is 11.3 Å². The molecule has 0 aliphatic heterocycles. The second kappa shape index (κ2) is 3.96. The van der Waals surface area contributed by atoms with Gasteiger partial charge in [-0.25, -0.2) is 4.79 Å². The molecule has 0 saturated heterocycles. The summed E-state index contributed by atoms with van der Waals surface area (Å²) < 4.78 is 0. The van der Waals surface area contributed by atoms with Gasteiger partial charge in [0.05, 0.1) is 5.92 Å². The van der Waals surface area contributed by atoms with E-state index in [4.69, 9.17) is 5.73 Å². The molecule has 4 N–H and O–H groups in total. The summed E-state index contributed by atoms with van der Waals surface area (Å²) in [4.78, 5) is 38.7. The molecular weight excluding hydrogens is 210 g/mol. The van der Waals surface area contributed by atoms with Crippen LogP contribution in [-0.4, -0.2) is 15.9 Å². The van der Waals surface area contributed by atoms with E-state index in [1.54, 1.807) is 0 Å². The predicted octanol–water partition coefficient (Wildman–Crippen LogP) is -0.642. The summed E-state index contributed by atoms with van der Waals surface area (Å²) in [5.41, 5.74) is 5.17. The maximum absolute atomic E-state index is 11.6. The van der Waals surface area contributed by atoms with Crippen LogP contribution < -0.4 is 17.0 Å². The number of nitrogens with two attached hydrogens (primary N) is 1. The van der Waals surface area contributed by atoms with Crippen LogP contribution in [-0.2, 0) is 11.2 Å². The molecule has 0 aromatic carbocycles. The van der Waals surface area contributed by atoms with Gasteiger partial charge in [-0.2, -0.15) is 0 Å². The molecular formula is C10H13N3O3. The first-order valence-electron chi connectivity index (χ1n) is 5.24. The Hall–Kier alpha value is -1.85. The number of aromatic amines is 2. The first kappa shape index (κ1) is 10.7. The standard InChI is InChI=1S/C10H13N3O3/c11-8(14)5-3-1-2-4-6-7(5)12-10(16)13-9(6)15/h5H,1-4H2,(H2,11,14)(H2,12,13,15,16). The third-order valence-corrected chi connectivity index (χ3v) is 2.94. The van der Waals surface area contributed by atoms with Crippen LogP contribution in [0.15, 0.2) is 9.59 Å². The van der Waals surface area contributed by atoms with Gasteiger partial charge in [0.15, 0.2) is 0 Å². The highest BCUT2D eigenvalue weighted by Gasteiger charge is 2.25. The van der Waals surface area contributed by atoms with Gasteiger partial charge in [-0.15, -0.1) is 0 Å². The highest BCUT2D eigenvalue weighted by Crippen LogP contribution is 2.25. The molecule has 1 unspecified atom stereocenters. The Balaban J connectivity index is 2.65. The third-order valence-electron chi connectivity index (χ3n) is 2.94. The quantitative estimate of drug-likeness (QED) is 0.551. The van der Waals surface area contributed by atoms with Crippen LogP contribution in [0.4, 0.5) is 0 Å². The van der Waals surface area contributed by atoms with E-state index in [2.05, 4.69) is 9.97 Å². The summed E-state index contributed by atoms with van der Waals surface area (Å²) in [6, 6.07) is 0. The molecule has 1 amide bonds. The Morgan fingerprint density at radius 1 is 1.25 bits per heavy atom. The van der Waals surface area contributed by atoms with Crippen LogP contribution >= 0.6 is 0 Å². The van der Waals surface area contributed by atoms with Crippen molar-refractivity contribution in [2.24, 2.45) is 5.73 Å². The van der Waals surface area contributed by atoms with Crippen LogP contribution in [0.5, 0.6) is 0 Å². The number of amides is 1. The number of carbonyl (C=O) groups is 1. The minimum atomic E-state index is -0.586. The van der Waals surface area contributed by atoms with E-state index in [0.29, 0.717) is 24.1 Å². The number of nitrogens with one attached hydrogen (secondary N) is 2. The summed E-state index contributed by atoms with van der Waals surface area (Å²) in [5.74, 6) is -1.04. The summed E-state index contributed by atoms with van der Waals surface area (Å²) in [6.07, 6.45) is 2.81. The molecule has 86 valence electrons. The van der Waals surface area contributed by atoms with Crippen LogP contribution in [0, 0.1) is 0 Å². The largest absolute Gasteiger partial charge is 0.369 e. The second-order valence-corrected chi connectivity index (χ2v) is 4.00. The Labute approximate surface area is 90.9 Å². The number of carbonyl (C=O) groups excluding carboxylic acids is 1. The third kappa shape index (κ3) is 1.78. The van der Waals surface area contributed by atoms with Crippen molar-refractivity contribution in [3.63, 3.8) is 0 Å². The predicted molar refractivity (Wildman–Crippen MR) is 57.2 cm³/mol. The highest BCUT2D eigenvalue weighted by molar-refractivity contribution is 5.81. The van der Waals surface area contributed by atoms with E-state index in [1.807, 2.05) is 0 Å². The van der Waals surface area contributed by atoms with Gasteiger partial charge in [0.25, 0.3) is 5.56 Å². The van der Waals surface area contributed by atoms with Crippen LogP contribution in [0.3, 0.4) is 0 Å². The maximum atomic E-state index is 11.6. The van der Waals surface area contributed by atoms with E-state index >= 15 is 0 Å². The maximum Gasteiger partial charge on any atom is 0.325 e. The molecule has 6 nitrogen and oxygen atoms in total. The van der Waals surface area contributed by atoms with Crippen molar-refractivity contribution in [3.05, 3.63) is 32.1 Å². The first-order chi connectivity index (χ1) is 7.59. The van der Waals surface area contributed by atoms with E-state index in [1.165, 1.54) is 0 Å². The minimum absolute atomic E-state index is 0.402. The molecule has 0 fully saturated rings. The first-order valence-corrected chi connectivity index (χ1v) is 5.24. The van der Waals surface area contributed by atoms with E-state index in [-0.39, 0.29) is 0 Å². The lowest BCUT2D eigenvalue weighted by molar-refractivity contribution is -0.119. The smallest absolute Gasteiger partial charge is 0.325 e. The van der Waals surface area contributed by atoms with Gasteiger partial charge >= 0.3 is 5.69 Å². The topological polar surface area (TPSA) is 109 Å². The number of primary amides is 1. The lowest BCUT2D eigenvalue weighted by Gasteiger charge is -2.12. The fourth-order valence-corrected chi connectivity index (χ4v) is 2.15. The molecule has 1 aliphatic carbocycles. The summed E-state index contributed by atoms with van der Waals surface area (Å²) in [5, 5.41) is 0.